The number of carbonyl (C=O) groups is 2. The van der Waals surface area contributed by atoms with Crippen LogP contribution < -0.4 is 19.9 Å². The molecule has 36 heavy (non-hydrogen) atoms. The number of rotatable bonds is 9. The van der Waals surface area contributed by atoms with Crippen LogP contribution >= 0.6 is 12.2 Å². The Bertz CT molecular complexity index is 1170. The fourth-order valence-corrected chi connectivity index (χ4v) is 4.25. The summed E-state index contributed by atoms with van der Waals surface area (Å²) in [7, 11) is 4.51. The van der Waals surface area contributed by atoms with Crippen molar-refractivity contribution < 1.29 is 18.7 Å². The SMILES string of the molecule is CNC(=O)C(C)(C)CCc1ccc(N(C(=S)N(C)c2ccc(C#N)c(OC)c2F)C(C)(C)C=O)cc1. The zero-order chi connectivity index (χ0) is 27.3. The van der Waals surface area contributed by atoms with Crippen molar-refractivity contribution in [1.29, 1.82) is 5.26 Å². The summed E-state index contributed by atoms with van der Waals surface area (Å²) < 4.78 is 20.3. The van der Waals surface area contributed by atoms with E-state index in [2.05, 4.69) is 5.32 Å². The molecule has 0 spiro atoms. The van der Waals surface area contributed by atoms with Gasteiger partial charge in [0.15, 0.2) is 16.7 Å². The van der Waals surface area contributed by atoms with Crippen LogP contribution in [0, 0.1) is 22.6 Å². The molecule has 1 amide bonds. The first-order valence-electron chi connectivity index (χ1n) is 11.5. The molecule has 2 rings (SSSR count). The molecule has 0 aliphatic heterocycles. The summed E-state index contributed by atoms with van der Waals surface area (Å²) in [5.74, 6) is -0.910. The molecule has 2 aromatic carbocycles. The summed E-state index contributed by atoms with van der Waals surface area (Å²) in [6.45, 7) is 7.24. The predicted octanol–water partition coefficient (Wildman–Crippen LogP) is 4.62. The van der Waals surface area contributed by atoms with Crippen molar-refractivity contribution in [3.63, 3.8) is 0 Å². The average Bonchev–Trinajstić information content (AvgIpc) is 2.86. The van der Waals surface area contributed by atoms with E-state index in [1.54, 1.807) is 32.8 Å². The molecular formula is C27H33FN4O3S. The highest BCUT2D eigenvalue weighted by Crippen LogP contribution is 2.33. The number of halogens is 1. The first-order valence-corrected chi connectivity index (χ1v) is 11.9. The highest BCUT2D eigenvalue weighted by Gasteiger charge is 2.33. The Morgan fingerprint density at radius 2 is 1.81 bits per heavy atom. The molecule has 0 aliphatic rings. The summed E-state index contributed by atoms with van der Waals surface area (Å²) in [6, 6.07) is 12.4. The molecule has 0 radical (unpaired) electrons. The Morgan fingerprint density at radius 3 is 2.31 bits per heavy atom. The van der Waals surface area contributed by atoms with Gasteiger partial charge in [0.2, 0.25) is 5.91 Å². The molecule has 1 N–H and O–H groups in total. The van der Waals surface area contributed by atoms with E-state index in [1.807, 2.05) is 44.2 Å². The first-order chi connectivity index (χ1) is 16.8. The number of ether oxygens (including phenoxy) is 1. The van der Waals surface area contributed by atoms with E-state index >= 15 is 4.39 Å². The summed E-state index contributed by atoms with van der Waals surface area (Å²) in [6.07, 6.45) is 2.14. The maximum atomic E-state index is 15.2. The lowest BCUT2D eigenvalue weighted by atomic mass is 9.85. The second-order valence-electron chi connectivity index (χ2n) is 9.67. The van der Waals surface area contributed by atoms with E-state index in [0.717, 1.165) is 11.8 Å². The number of nitrogens with zero attached hydrogens (tertiary/aromatic N) is 3. The molecule has 0 aliphatic carbocycles. The predicted molar refractivity (Wildman–Crippen MR) is 144 cm³/mol. The molecule has 0 aromatic heterocycles. The zero-order valence-electron chi connectivity index (χ0n) is 21.8. The van der Waals surface area contributed by atoms with E-state index < -0.39 is 16.8 Å². The van der Waals surface area contributed by atoms with Gasteiger partial charge in [-0.25, -0.2) is 4.39 Å². The van der Waals surface area contributed by atoms with Gasteiger partial charge in [-0.3, -0.25) is 4.79 Å². The van der Waals surface area contributed by atoms with E-state index in [4.69, 9.17) is 17.0 Å². The summed E-state index contributed by atoms with van der Waals surface area (Å²) in [5, 5.41) is 12.1. The Labute approximate surface area is 217 Å². The van der Waals surface area contributed by atoms with Crippen molar-refractivity contribution in [3.8, 4) is 11.8 Å². The molecular weight excluding hydrogens is 479 g/mol. The Kier molecular flexibility index (Phi) is 9.16. The minimum atomic E-state index is -1.04. The number of benzene rings is 2. The Balaban J connectivity index is 2.39. The second kappa shape index (κ2) is 11.5. The second-order valence-corrected chi connectivity index (χ2v) is 10.0. The van der Waals surface area contributed by atoms with Gasteiger partial charge in [0.1, 0.15) is 12.4 Å². The first kappa shape index (κ1) is 28.7. The van der Waals surface area contributed by atoms with Crippen LogP contribution in [0.25, 0.3) is 0 Å². The van der Waals surface area contributed by atoms with Crippen LogP contribution in [0.4, 0.5) is 15.8 Å². The van der Waals surface area contributed by atoms with Gasteiger partial charge in [0.05, 0.1) is 23.9 Å². The van der Waals surface area contributed by atoms with Crippen LogP contribution in [0.5, 0.6) is 5.75 Å². The number of aldehydes is 1. The lowest BCUT2D eigenvalue weighted by molar-refractivity contribution is -0.129. The lowest BCUT2D eigenvalue weighted by Crippen LogP contribution is -2.54. The van der Waals surface area contributed by atoms with Crippen LogP contribution in [0.2, 0.25) is 0 Å². The molecule has 0 bridgehead atoms. The zero-order valence-corrected chi connectivity index (χ0v) is 22.6. The van der Waals surface area contributed by atoms with Crippen LogP contribution in [-0.2, 0) is 16.0 Å². The summed E-state index contributed by atoms with van der Waals surface area (Å²) in [5.41, 5.74) is 0.311. The van der Waals surface area contributed by atoms with Gasteiger partial charge < -0.3 is 24.6 Å². The maximum absolute atomic E-state index is 15.2. The number of amides is 1. The molecule has 0 fully saturated rings. The quantitative estimate of drug-likeness (QED) is 0.388. The smallest absolute Gasteiger partial charge is 0.225 e. The molecule has 9 heteroatoms. The van der Waals surface area contributed by atoms with E-state index in [1.165, 1.54) is 24.1 Å². The van der Waals surface area contributed by atoms with Crippen molar-refractivity contribution in [2.45, 2.75) is 46.1 Å². The van der Waals surface area contributed by atoms with Gasteiger partial charge in [-0.05, 0) is 68.7 Å². The number of hydrogen-bond acceptors (Lipinski definition) is 5. The number of carbonyl (C=O) groups excluding carboxylic acids is 2. The van der Waals surface area contributed by atoms with Crippen molar-refractivity contribution >= 4 is 40.9 Å². The third kappa shape index (κ3) is 6.00. The minimum absolute atomic E-state index is 0.0157. The Hall–Kier alpha value is -3.51. The third-order valence-electron chi connectivity index (χ3n) is 6.18. The topological polar surface area (TPSA) is 85.7 Å². The molecule has 0 saturated heterocycles. The fourth-order valence-electron chi connectivity index (χ4n) is 3.81. The van der Waals surface area contributed by atoms with E-state index in [0.29, 0.717) is 18.5 Å². The molecule has 0 heterocycles. The summed E-state index contributed by atoms with van der Waals surface area (Å²) >= 11 is 5.73. The molecule has 7 nitrogen and oxygen atoms in total. The van der Waals surface area contributed by atoms with Crippen molar-refractivity contribution in [2.75, 3.05) is 31.0 Å². The Morgan fingerprint density at radius 1 is 1.19 bits per heavy atom. The highest BCUT2D eigenvalue weighted by atomic mass is 32.1. The molecule has 2 aromatic rings. The van der Waals surface area contributed by atoms with Crippen LogP contribution in [0.3, 0.4) is 0 Å². The maximum Gasteiger partial charge on any atom is 0.225 e. The highest BCUT2D eigenvalue weighted by molar-refractivity contribution is 7.80. The number of nitrogens with one attached hydrogen (secondary N) is 1. The molecule has 0 atom stereocenters. The summed E-state index contributed by atoms with van der Waals surface area (Å²) in [4.78, 5) is 27.2. The largest absolute Gasteiger partial charge is 0.492 e. The van der Waals surface area contributed by atoms with Crippen LogP contribution in [-0.4, -0.2) is 44.0 Å². The van der Waals surface area contributed by atoms with Crippen molar-refractivity contribution in [3.05, 3.63) is 53.3 Å². The molecule has 0 saturated carbocycles. The van der Waals surface area contributed by atoms with E-state index in [-0.39, 0.29) is 28.0 Å². The van der Waals surface area contributed by atoms with Crippen molar-refractivity contribution in [2.24, 2.45) is 5.41 Å². The van der Waals surface area contributed by atoms with Gasteiger partial charge in [-0.1, -0.05) is 26.0 Å². The van der Waals surface area contributed by atoms with Gasteiger partial charge in [0.25, 0.3) is 0 Å². The van der Waals surface area contributed by atoms with Crippen molar-refractivity contribution in [1.82, 2.24) is 5.32 Å². The van der Waals surface area contributed by atoms with Gasteiger partial charge in [-0.15, -0.1) is 0 Å². The monoisotopic (exact) mass is 512 g/mol. The van der Waals surface area contributed by atoms with Gasteiger partial charge >= 0.3 is 0 Å². The number of methoxy groups -OCH3 is 1. The number of hydrogen-bond donors (Lipinski definition) is 1. The number of anilines is 2. The number of nitriles is 1. The fraction of sp³-hybridized carbons (Fsp3) is 0.407. The molecule has 192 valence electrons. The minimum Gasteiger partial charge on any atom is -0.492 e. The number of thiocarbonyl (C=S) groups is 1. The average molecular weight is 513 g/mol. The van der Waals surface area contributed by atoms with Crippen LogP contribution in [0.15, 0.2) is 36.4 Å². The molecule has 0 unspecified atom stereocenters. The standard InChI is InChI=1S/C27H33FN4O3S/c1-26(2,24(34)30-5)15-14-18-8-11-20(12-9-18)32(27(3,4)17-33)25(36)31(6)21-13-10-19(16-29)23(35-7)22(21)28/h8-13,17H,14-15H2,1-7H3,(H,30,34). The van der Waals surface area contributed by atoms with Gasteiger partial charge in [-0.2, -0.15) is 5.26 Å². The van der Waals surface area contributed by atoms with Crippen LogP contribution in [0.1, 0.15) is 45.2 Å². The van der Waals surface area contributed by atoms with Gasteiger partial charge in [0, 0.05) is 25.2 Å². The normalized spacial score (nSPS) is 11.3. The van der Waals surface area contributed by atoms with E-state index in [9.17, 15) is 14.9 Å². The third-order valence-corrected chi connectivity index (χ3v) is 6.64. The lowest BCUT2D eigenvalue weighted by Gasteiger charge is -2.39. The number of aryl methyl sites for hydroxylation is 1.